The van der Waals surface area contributed by atoms with Crippen LogP contribution in [0, 0.1) is 5.92 Å². The molecule has 0 spiro atoms. The van der Waals surface area contributed by atoms with Crippen LogP contribution in [0.15, 0.2) is 24.3 Å². The Bertz CT molecular complexity index is 522. The van der Waals surface area contributed by atoms with Gasteiger partial charge in [-0.05, 0) is 49.9 Å². The number of rotatable bonds is 1. The molecule has 1 unspecified atom stereocenters. The molecule has 0 radical (unpaired) electrons. The topological polar surface area (TPSA) is 35.6 Å². The van der Waals surface area contributed by atoms with Gasteiger partial charge in [0.2, 0.25) is 0 Å². The molecule has 1 aromatic carbocycles. The molecule has 3 fully saturated rings. The number of nitrogens with zero attached hydrogens (tertiary/aromatic N) is 2. The van der Waals surface area contributed by atoms with E-state index in [0.717, 1.165) is 25.2 Å². The minimum atomic E-state index is 0.0914. The monoisotopic (exact) mass is 271 g/mol. The quantitative estimate of drug-likeness (QED) is 0.846. The molecule has 1 aromatic rings. The van der Waals surface area contributed by atoms with E-state index in [1.54, 1.807) is 0 Å². The van der Waals surface area contributed by atoms with Crippen LogP contribution in [0.4, 0.5) is 10.5 Å². The van der Waals surface area contributed by atoms with Crippen LogP contribution in [0.1, 0.15) is 18.4 Å². The summed E-state index contributed by atoms with van der Waals surface area (Å²) < 4.78 is 0. The van der Waals surface area contributed by atoms with Gasteiger partial charge in [-0.1, -0.05) is 18.2 Å². The lowest BCUT2D eigenvalue weighted by atomic mass is 9.84. The summed E-state index contributed by atoms with van der Waals surface area (Å²) in [5, 5.41) is 3.28. The van der Waals surface area contributed by atoms with Gasteiger partial charge in [0.25, 0.3) is 0 Å². The highest BCUT2D eigenvalue weighted by Crippen LogP contribution is 2.30. The zero-order chi connectivity index (χ0) is 13.5. The Balaban J connectivity index is 1.46. The van der Waals surface area contributed by atoms with Crippen LogP contribution in [-0.4, -0.2) is 43.2 Å². The van der Waals surface area contributed by atoms with Crippen molar-refractivity contribution in [3.63, 3.8) is 0 Å². The fourth-order valence-corrected chi connectivity index (χ4v) is 3.91. The first-order valence-corrected chi connectivity index (χ1v) is 7.69. The molecule has 4 heterocycles. The predicted molar refractivity (Wildman–Crippen MR) is 79.0 cm³/mol. The van der Waals surface area contributed by atoms with Crippen molar-refractivity contribution < 1.29 is 4.79 Å². The molecule has 2 bridgehead atoms. The summed E-state index contributed by atoms with van der Waals surface area (Å²) in [5.74, 6) is 0.682. The van der Waals surface area contributed by atoms with E-state index in [9.17, 15) is 4.79 Å². The van der Waals surface area contributed by atoms with Crippen molar-refractivity contribution in [2.24, 2.45) is 5.92 Å². The molecule has 4 nitrogen and oxygen atoms in total. The van der Waals surface area contributed by atoms with Gasteiger partial charge < -0.3 is 10.2 Å². The highest BCUT2D eigenvalue weighted by Gasteiger charge is 2.36. The SMILES string of the molecule is O=C(NC1CN2CCC1CC2)N1CCc2ccccc21. The van der Waals surface area contributed by atoms with Gasteiger partial charge in [0, 0.05) is 24.8 Å². The van der Waals surface area contributed by atoms with Crippen molar-refractivity contribution in [3.05, 3.63) is 29.8 Å². The zero-order valence-electron chi connectivity index (χ0n) is 11.7. The maximum absolute atomic E-state index is 12.5. The Morgan fingerprint density at radius 1 is 1.15 bits per heavy atom. The molecule has 0 saturated carbocycles. The van der Waals surface area contributed by atoms with Crippen LogP contribution in [-0.2, 0) is 6.42 Å². The van der Waals surface area contributed by atoms with Crippen LogP contribution in [0.2, 0.25) is 0 Å². The van der Waals surface area contributed by atoms with E-state index in [0.29, 0.717) is 12.0 Å². The lowest BCUT2D eigenvalue weighted by Crippen LogP contribution is -2.59. The van der Waals surface area contributed by atoms with Gasteiger partial charge in [0.05, 0.1) is 0 Å². The number of carbonyl (C=O) groups is 1. The molecule has 4 heteroatoms. The molecule has 5 rings (SSSR count). The lowest BCUT2D eigenvalue weighted by Gasteiger charge is -2.45. The zero-order valence-corrected chi connectivity index (χ0v) is 11.7. The summed E-state index contributed by atoms with van der Waals surface area (Å²) in [4.78, 5) is 16.9. The molecule has 3 saturated heterocycles. The van der Waals surface area contributed by atoms with Crippen molar-refractivity contribution in [2.75, 3.05) is 31.1 Å². The second-order valence-corrected chi connectivity index (χ2v) is 6.22. The number of urea groups is 1. The first-order chi connectivity index (χ1) is 9.81. The number of anilines is 1. The number of benzene rings is 1. The van der Waals surface area contributed by atoms with Crippen LogP contribution >= 0.6 is 0 Å². The molecule has 4 aliphatic rings. The summed E-state index contributed by atoms with van der Waals surface area (Å²) >= 11 is 0. The Morgan fingerprint density at radius 3 is 2.70 bits per heavy atom. The van der Waals surface area contributed by atoms with E-state index < -0.39 is 0 Å². The van der Waals surface area contributed by atoms with Crippen molar-refractivity contribution in [2.45, 2.75) is 25.3 Å². The van der Waals surface area contributed by atoms with Crippen LogP contribution < -0.4 is 10.2 Å². The largest absolute Gasteiger partial charge is 0.333 e. The van der Waals surface area contributed by atoms with Gasteiger partial charge in [-0.3, -0.25) is 4.90 Å². The fourth-order valence-electron chi connectivity index (χ4n) is 3.91. The second kappa shape index (κ2) is 4.77. The maximum atomic E-state index is 12.5. The Morgan fingerprint density at radius 2 is 1.95 bits per heavy atom. The predicted octanol–water partition coefficient (Wildman–Crippen LogP) is 1.85. The molecule has 0 aromatic heterocycles. The van der Waals surface area contributed by atoms with E-state index in [-0.39, 0.29) is 6.03 Å². The summed E-state index contributed by atoms with van der Waals surface area (Å²) in [6.45, 7) is 4.27. The first kappa shape index (κ1) is 12.2. The van der Waals surface area contributed by atoms with Crippen molar-refractivity contribution in [1.29, 1.82) is 0 Å². The number of hydrogen-bond donors (Lipinski definition) is 1. The Labute approximate surface area is 119 Å². The number of hydrogen-bond acceptors (Lipinski definition) is 2. The number of piperidine rings is 3. The van der Waals surface area contributed by atoms with Crippen LogP contribution in [0.3, 0.4) is 0 Å². The third-order valence-corrected chi connectivity index (χ3v) is 5.10. The van der Waals surface area contributed by atoms with E-state index in [4.69, 9.17) is 0 Å². The second-order valence-electron chi connectivity index (χ2n) is 6.22. The third kappa shape index (κ3) is 1.99. The van der Waals surface area contributed by atoms with Crippen LogP contribution in [0.25, 0.3) is 0 Å². The summed E-state index contributed by atoms with van der Waals surface area (Å²) in [6.07, 6.45) is 3.45. The molecule has 20 heavy (non-hydrogen) atoms. The van der Waals surface area contributed by atoms with Crippen LogP contribution in [0.5, 0.6) is 0 Å². The lowest BCUT2D eigenvalue weighted by molar-refractivity contribution is 0.0772. The molecule has 2 amide bonds. The minimum absolute atomic E-state index is 0.0914. The maximum Gasteiger partial charge on any atom is 0.322 e. The summed E-state index contributed by atoms with van der Waals surface area (Å²) in [7, 11) is 0. The van der Waals surface area contributed by atoms with Gasteiger partial charge in [0.15, 0.2) is 0 Å². The molecule has 4 aliphatic heterocycles. The van der Waals surface area contributed by atoms with E-state index in [2.05, 4.69) is 22.3 Å². The van der Waals surface area contributed by atoms with Gasteiger partial charge in [-0.25, -0.2) is 4.79 Å². The number of nitrogens with one attached hydrogen (secondary N) is 1. The van der Waals surface area contributed by atoms with Gasteiger partial charge in [-0.15, -0.1) is 0 Å². The Hall–Kier alpha value is -1.55. The average Bonchev–Trinajstić information content (AvgIpc) is 2.92. The molecular formula is C16H21N3O. The smallest absolute Gasteiger partial charge is 0.322 e. The Kier molecular flexibility index (Phi) is 2.91. The van der Waals surface area contributed by atoms with Crippen molar-refractivity contribution in [1.82, 2.24) is 10.2 Å². The normalized spacial score (nSPS) is 31.2. The van der Waals surface area contributed by atoms with Crippen molar-refractivity contribution in [3.8, 4) is 0 Å². The molecule has 1 atom stereocenters. The number of fused-ring (bicyclic) bond motifs is 4. The van der Waals surface area contributed by atoms with Gasteiger partial charge >= 0.3 is 6.03 Å². The number of para-hydroxylation sites is 1. The number of carbonyl (C=O) groups excluding carboxylic acids is 1. The molecule has 106 valence electrons. The fraction of sp³-hybridized carbons (Fsp3) is 0.562. The van der Waals surface area contributed by atoms with Crippen molar-refractivity contribution >= 4 is 11.7 Å². The number of amides is 2. The first-order valence-electron chi connectivity index (χ1n) is 7.69. The van der Waals surface area contributed by atoms with E-state index >= 15 is 0 Å². The molecule has 0 aliphatic carbocycles. The standard InChI is InChI=1S/C16H21N3O/c20-16(17-14-11-18-8-5-12(14)6-9-18)19-10-7-13-3-1-2-4-15(13)19/h1-4,12,14H,5-11H2,(H,17,20). The average molecular weight is 271 g/mol. The highest BCUT2D eigenvalue weighted by molar-refractivity contribution is 5.94. The third-order valence-electron chi connectivity index (χ3n) is 5.10. The molecular weight excluding hydrogens is 250 g/mol. The summed E-state index contributed by atoms with van der Waals surface area (Å²) in [6, 6.07) is 8.67. The van der Waals surface area contributed by atoms with Gasteiger partial charge in [-0.2, -0.15) is 0 Å². The summed E-state index contributed by atoms with van der Waals surface area (Å²) in [5.41, 5.74) is 2.38. The highest BCUT2D eigenvalue weighted by atomic mass is 16.2. The van der Waals surface area contributed by atoms with E-state index in [1.165, 1.54) is 31.5 Å². The minimum Gasteiger partial charge on any atom is -0.333 e. The van der Waals surface area contributed by atoms with E-state index in [1.807, 2.05) is 17.0 Å². The van der Waals surface area contributed by atoms with Gasteiger partial charge in [0.1, 0.15) is 0 Å². The molecule has 1 N–H and O–H groups in total.